The molecule has 9 nitrogen and oxygen atoms in total. The van der Waals surface area contributed by atoms with Gasteiger partial charge in [-0.3, -0.25) is 0 Å². The lowest BCUT2D eigenvalue weighted by Gasteiger charge is -2.29. The number of hydrogen-bond donors (Lipinski definition) is 1. The van der Waals surface area contributed by atoms with Crippen molar-refractivity contribution in [2.45, 2.75) is 123 Å². The van der Waals surface area contributed by atoms with E-state index in [0.717, 1.165) is 100 Å². The van der Waals surface area contributed by atoms with Crippen LogP contribution in [0.25, 0.3) is 22.9 Å². The zero-order valence-electron chi connectivity index (χ0n) is 30.6. The van der Waals surface area contributed by atoms with Crippen LogP contribution in [0.4, 0.5) is 0 Å². The Labute approximate surface area is 310 Å². The van der Waals surface area contributed by atoms with Crippen molar-refractivity contribution < 1.29 is 32.9 Å². The Morgan fingerprint density at radius 2 is 1.34 bits per heavy atom. The number of carbonyl (C=O) groups is 1. The average Bonchev–Trinajstić information content (AvgIpc) is 3.71. The van der Waals surface area contributed by atoms with E-state index in [1.807, 2.05) is 13.0 Å². The normalized spacial score (nSPS) is 16.6. The lowest BCUT2D eigenvalue weighted by molar-refractivity contribution is -0.157. The Bertz CT molecular complexity index is 1620. The van der Waals surface area contributed by atoms with E-state index < -0.39 is 12.1 Å². The highest BCUT2D eigenvalue weighted by molar-refractivity contribution is 14.1. The van der Waals surface area contributed by atoms with E-state index in [4.69, 9.17) is 28.0 Å². The third kappa shape index (κ3) is 10.5. The summed E-state index contributed by atoms with van der Waals surface area (Å²) in [7, 11) is 0. The fraction of sp³-hybridized carbons (Fsp3) is 0.525. The van der Waals surface area contributed by atoms with Crippen LogP contribution in [0.15, 0.2) is 45.2 Å². The van der Waals surface area contributed by atoms with Crippen molar-refractivity contribution in [3.8, 4) is 22.9 Å². The summed E-state index contributed by atoms with van der Waals surface area (Å²) in [5, 5.41) is 9.31. The van der Waals surface area contributed by atoms with Crippen molar-refractivity contribution in [1.82, 2.24) is 9.97 Å². The SMILES string of the molecule is CCCOC(CO[C@@H]1CCC[C@H](OCc2nc(-c3c(C)cccc3C)oc2CC)C1)C(=O)O.CCc1oc(-c2c(C)cccc2C)nc1CI. The summed E-state index contributed by atoms with van der Waals surface area (Å²) in [5.74, 6) is 2.30. The largest absolute Gasteiger partial charge is 0.479 e. The van der Waals surface area contributed by atoms with Gasteiger partial charge in [0.15, 0.2) is 6.10 Å². The van der Waals surface area contributed by atoms with Crippen molar-refractivity contribution >= 4 is 28.6 Å². The van der Waals surface area contributed by atoms with E-state index in [9.17, 15) is 9.90 Å². The van der Waals surface area contributed by atoms with Crippen LogP contribution in [0, 0.1) is 27.7 Å². The number of carboxylic acids is 1. The maximum Gasteiger partial charge on any atom is 0.335 e. The van der Waals surface area contributed by atoms with Crippen molar-refractivity contribution in [2.24, 2.45) is 0 Å². The van der Waals surface area contributed by atoms with Gasteiger partial charge in [-0.2, -0.15) is 0 Å². The van der Waals surface area contributed by atoms with Crippen LogP contribution in [-0.4, -0.2) is 52.6 Å². The molecule has 50 heavy (non-hydrogen) atoms. The summed E-state index contributed by atoms with van der Waals surface area (Å²) >= 11 is 2.33. The van der Waals surface area contributed by atoms with Crippen molar-refractivity contribution in [3.63, 3.8) is 0 Å². The van der Waals surface area contributed by atoms with Gasteiger partial charge in [0.1, 0.15) is 17.2 Å². The van der Waals surface area contributed by atoms with Gasteiger partial charge >= 0.3 is 5.97 Å². The predicted octanol–water partition coefficient (Wildman–Crippen LogP) is 9.70. The minimum absolute atomic E-state index is 0.0241. The van der Waals surface area contributed by atoms with Crippen molar-refractivity contribution in [2.75, 3.05) is 13.2 Å². The number of alkyl halides is 1. The standard InChI is InChI=1S/C26H37NO6.C14H16INO/c1-5-13-30-23(26(28)29)16-32-20-12-8-11-19(14-20)31-15-21-22(6-2)33-25(27-21)24-17(3)9-7-10-18(24)4;1-4-12-11(8-15)16-14(17-12)13-9(2)6-5-7-10(13)3/h7,9-10,19-20,23H,5-6,8,11-16H2,1-4H3,(H,28,29);5-7H,4,8H2,1-3H3/t19-,20+,23?;/m0./s1. The molecule has 2 aromatic carbocycles. The molecule has 1 unspecified atom stereocenters. The van der Waals surface area contributed by atoms with Crippen LogP contribution in [0.5, 0.6) is 0 Å². The van der Waals surface area contributed by atoms with Gasteiger partial charge in [0.25, 0.3) is 0 Å². The predicted molar refractivity (Wildman–Crippen MR) is 204 cm³/mol. The van der Waals surface area contributed by atoms with Gasteiger partial charge in [-0.05, 0) is 82.1 Å². The molecule has 1 N–H and O–H groups in total. The zero-order valence-corrected chi connectivity index (χ0v) is 32.8. The Hall–Kier alpha value is -3.06. The molecule has 0 aliphatic heterocycles. The maximum absolute atomic E-state index is 11.4. The first-order valence-corrected chi connectivity index (χ1v) is 19.4. The van der Waals surface area contributed by atoms with E-state index in [-0.39, 0.29) is 18.8 Å². The first kappa shape index (κ1) is 39.7. The summed E-state index contributed by atoms with van der Waals surface area (Å²) in [6.45, 7) is 15.3. The first-order valence-electron chi connectivity index (χ1n) is 17.8. The molecular formula is C40H53IN2O7. The molecule has 5 rings (SSSR count). The fourth-order valence-corrected chi connectivity index (χ4v) is 6.93. The topological polar surface area (TPSA) is 117 Å². The Morgan fingerprint density at radius 3 is 1.80 bits per heavy atom. The number of carboxylic acid groups (broad SMARTS) is 1. The molecule has 2 aromatic heterocycles. The number of nitrogens with zero attached hydrogens (tertiary/aromatic N) is 2. The second-order valence-electron chi connectivity index (χ2n) is 12.9. The lowest BCUT2D eigenvalue weighted by atomic mass is 9.95. The number of rotatable bonds is 15. The maximum atomic E-state index is 11.4. The van der Waals surface area contributed by atoms with Gasteiger partial charge in [0.05, 0.1) is 31.1 Å². The number of hydrogen-bond acceptors (Lipinski definition) is 8. The molecule has 0 amide bonds. The van der Waals surface area contributed by atoms with Crippen LogP contribution < -0.4 is 0 Å². The molecular weight excluding hydrogens is 747 g/mol. The third-order valence-corrected chi connectivity index (χ3v) is 9.75. The zero-order chi connectivity index (χ0) is 36.2. The molecule has 0 saturated heterocycles. The molecule has 272 valence electrons. The number of benzene rings is 2. The van der Waals surface area contributed by atoms with Crippen LogP contribution in [0.2, 0.25) is 0 Å². The van der Waals surface area contributed by atoms with E-state index in [0.29, 0.717) is 19.1 Å². The highest BCUT2D eigenvalue weighted by Crippen LogP contribution is 2.31. The summed E-state index contributed by atoms with van der Waals surface area (Å²) in [4.78, 5) is 20.8. The Morgan fingerprint density at radius 1 is 0.840 bits per heavy atom. The minimum atomic E-state index is -0.982. The van der Waals surface area contributed by atoms with Crippen LogP contribution in [-0.2, 0) is 42.9 Å². The van der Waals surface area contributed by atoms with Gasteiger partial charge in [-0.1, -0.05) is 79.8 Å². The van der Waals surface area contributed by atoms with Crippen LogP contribution in [0.1, 0.15) is 98.0 Å². The fourth-order valence-electron chi connectivity index (χ4n) is 6.33. The lowest BCUT2D eigenvalue weighted by Crippen LogP contribution is -2.34. The van der Waals surface area contributed by atoms with Gasteiger partial charge in [-0.15, -0.1) is 0 Å². The highest BCUT2D eigenvalue weighted by atomic mass is 127. The van der Waals surface area contributed by atoms with Crippen molar-refractivity contribution in [1.29, 1.82) is 0 Å². The average molecular weight is 801 g/mol. The molecule has 2 heterocycles. The van der Waals surface area contributed by atoms with E-state index in [1.54, 1.807) is 0 Å². The summed E-state index contributed by atoms with van der Waals surface area (Å²) in [6, 6.07) is 12.4. The molecule has 0 radical (unpaired) electrons. The van der Waals surface area contributed by atoms with Gasteiger partial charge < -0.3 is 28.2 Å². The smallest absolute Gasteiger partial charge is 0.335 e. The van der Waals surface area contributed by atoms with Gasteiger partial charge in [0.2, 0.25) is 11.8 Å². The van der Waals surface area contributed by atoms with E-state index in [1.165, 1.54) is 11.1 Å². The number of aromatic nitrogens is 2. The minimum Gasteiger partial charge on any atom is -0.479 e. The van der Waals surface area contributed by atoms with Gasteiger partial charge in [0, 0.05) is 35.0 Å². The van der Waals surface area contributed by atoms with Crippen molar-refractivity contribution in [3.05, 3.63) is 81.6 Å². The quantitative estimate of drug-likeness (QED) is 0.0927. The molecule has 1 aliphatic rings. The molecule has 1 fully saturated rings. The van der Waals surface area contributed by atoms with Gasteiger partial charge in [-0.25, -0.2) is 14.8 Å². The third-order valence-electron chi connectivity index (χ3n) is 9.03. The Balaban J connectivity index is 0.000000276. The molecule has 4 aromatic rings. The van der Waals surface area contributed by atoms with E-state index >= 15 is 0 Å². The first-order chi connectivity index (χ1) is 24.1. The number of aryl methyl sites for hydroxylation is 6. The molecule has 3 atom stereocenters. The summed E-state index contributed by atoms with van der Waals surface area (Å²) in [5.41, 5.74) is 8.81. The Kier molecular flexibility index (Phi) is 15.5. The highest BCUT2D eigenvalue weighted by Gasteiger charge is 2.27. The molecule has 1 saturated carbocycles. The van der Waals surface area contributed by atoms with Crippen LogP contribution >= 0.6 is 22.6 Å². The second-order valence-corrected chi connectivity index (χ2v) is 13.7. The molecule has 0 bridgehead atoms. The van der Waals surface area contributed by atoms with Crippen LogP contribution in [0.3, 0.4) is 0 Å². The second kappa shape index (κ2) is 19.5. The molecule has 0 spiro atoms. The monoisotopic (exact) mass is 800 g/mol. The molecule has 10 heteroatoms. The summed E-state index contributed by atoms with van der Waals surface area (Å²) < 4.78 is 30.4. The summed E-state index contributed by atoms with van der Waals surface area (Å²) in [6.07, 6.45) is 5.11. The number of halogens is 1. The number of aliphatic carboxylic acids is 1. The number of ether oxygens (including phenoxy) is 3. The number of oxazole rings is 2. The molecule has 1 aliphatic carbocycles. The van der Waals surface area contributed by atoms with E-state index in [2.05, 4.69) is 99.4 Å².